The molecule has 2 saturated heterocycles. The number of nitrogens with zero attached hydrogens (tertiary/aromatic N) is 2. The molecule has 3 heterocycles. The first-order valence-electron chi connectivity index (χ1n) is 14.2. The Bertz CT molecular complexity index is 1610. The zero-order chi connectivity index (χ0) is 32.0. The van der Waals surface area contributed by atoms with Crippen molar-refractivity contribution in [1.29, 1.82) is 0 Å². The van der Waals surface area contributed by atoms with E-state index in [2.05, 4.69) is 10.3 Å². The summed E-state index contributed by atoms with van der Waals surface area (Å²) in [5.41, 5.74) is 1.13. The number of carbonyl (C=O) groups excluding carboxylic acids is 1. The summed E-state index contributed by atoms with van der Waals surface area (Å²) in [6.07, 6.45) is -0.364. The van der Waals surface area contributed by atoms with Gasteiger partial charge < -0.3 is 29.4 Å². The normalized spacial score (nSPS) is 18.8. The van der Waals surface area contributed by atoms with Crippen molar-refractivity contribution in [1.82, 2.24) is 15.2 Å². The molecule has 1 aromatic heterocycles. The van der Waals surface area contributed by atoms with E-state index in [0.717, 1.165) is 4.90 Å². The average Bonchev–Trinajstić information content (AvgIpc) is 3.46. The molecule has 0 saturated carbocycles. The highest BCUT2D eigenvalue weighted by Gasteiger charge is 2.52. The number of amides is 2. The van der Waals surface area contributed by atoms with Crippen LogP contribution in [0.4, 0.5) is 9.18 Å². The Morgan fingerprint density at radius 1 is 1.11 bits per heavy atom. The summed E-state index contributed by atoms with van der Waals surface area (Å²) in [6, 6.07) is 11.5. The Morgan fingerprint density at radius 2 is 1.73 bits per heavy atom. The smallest absolute Gasteiger partial charge is 0.481 e. The van der Waals surface area contributed by atoms with Crippen LogP contribution in [0.3, 0.4) is 0 Å². The van der Waals surface area contributed by atoms with Gasteiger partial charge in [-0.25, -0.2) is 14.2 Å². The van der Waals surface area contributed by atoms with Crippen LogP contribution in [0, 0.1) is 5.82 Å². The maximum Gasteiger partial charge on any atom is 0.496 e. The van der Waals surface area contributed by atoms with Crippen LogP contribution in [0.25, 0.3) is 22.4 Å². The Balaban J connectivity index is 1.47. The average molecular weight is 644 g/mol. The molecule has 2 fully saturated rings. The van der Waals surface area contributed by atoms with E-state index in [0.29, 0.717) is 40.0 Å². The van der Waals surface area contributed by atoms with Crippen LogP contribution in [0.2, 0.25) is 10.0 Å². The molecule has 232 valence electrons. The van der Waals surface area contributed by atoms with Crippen molar-refractivity contribution in [3.05, 3.63) is 63.9 Å². The molecule has 2 amide bonds. The molecule has 2 aromatic carbocycles. The van der Waals surface area contributed by atoms with Crippen molar-refractivity contribution in [2.75, 3.05) is 13.7 Å². The zero-order valence-electron chi connectivity index (χ0n) is 25.0. The van der Waals surface area contributed by atoms with Crippen LogP contribution >= 0.6 is 23.2 Å². The zero-order valence-corrected chi connectivity index (χ0v) is 26.6. The standard InChI is InChI=1S/C31H33BCl2FN3O6/c1-30(2)31(3,4)44-32(43-30)22-11-7-9-20(26(22)34)19-8-6-10-21(25(19)33)27-23(35)14-17(28(37-27)42-5)15-38(29(40)41)16-18-12-13-24(39)36-18/h6-11,14,18H,12-13,15-16H2,1-5H3,(H,36,39)(H,40,41). The van der Waals surface area contributed by atoms with Gasteiger partial charge in [0.15, 0.2) is 0 Å². The number of methoxy groups -OCH3 is 1. The molecule has 2 aliphatic rings. The summed E-state index contributed by atoms with van der Waals surface area (Å²) < 4.78 is 33.6. The first-order valence-corrected chi connectivity index (χ1v) is 14.9. The third kappa shape index (κ3) is 6.11. The van der Waals surface area contributed by atoms with Gasteiger partial charge in [-0.15, -0.1) is 0 Å². The molecular formula is C31H33BCl2FN3O6. The van der Waals surface area contributed by atoms with Crippen molar-refractivity contribution in [2.45, 2.75) is 64.3 Å². The highest BCUT2D eigenvalue weighted by molar-refractivity contribution is 6.66. The number of halogens is 3. The Labute approximate surface area is 265 Å². The fourth-order valence-electron chi connectivity index (χ4n) is 5.32. The summed E-state index contributed by atoms with van der Waals surface area (Å²) >= 11 is 13.8. The summed E-state index contributed by atoms with van der Waals surface area (Å²) in [4.78, 5) is 29.1. The summed E-state index contributed by atoms with van der Waals surface area (Å²) in [5, 5.41) is 13.1. The molecule has 0 aliphatic carbocycles. The van der Waals surface area contributed by atoms with Crippen LogP contribution in [0.15, 0.2) is 42.5 Å². The minimum absolute atomic E-state index is 0.0466. The molecule has 1 unspecified atom stereocenters. The third-order valence-electron chi connectivity index (χ3n) is 8.45. The first kappa shape index (κ1) is 32.0. The van der Waals surface area contributed by atoms with E-state index >= 15 is 4.39 Å². The summed E-state index contributed by atoms with van der Waals surface area (Å²) in [7, 11) is 0.676. The fraction of sp³-hybridized carbons (Fsp3) is 0.387. The van der Waals surface area contributed by atoms with Gasteiger partial charge in [-0.2, -0.15) is 0 Å². The predicted octanol–water partition coefficient (Wildman–Crippen LogP) is 5.93. The van der Waals surface area contributed by atoms with Crippen molar-refractivity contribution < 1.29 is 33.1 Å². The second kappa shape index (κ2) is 12.2. The predicted molar refractivity (Wildman–Crippen MR) is 167 cm³/mol. The Hall–Kier alpha value is -3.38. The molecule has 1 atom stereocenters. The SMILES string of the molecule is COc1nc(-c2cccc(-c3cccc(B4OC(C)(C)C(C)(C)O4)c3Cl)c2Cl)c(F)cc1CN(CC1CCC(=O)N1)C(=O)O. The van der Waals surface area contributed by atoms with Crippen LogP contribution < -0.4 is 15.5 Å². The maximum absolute atomic E-state index is 15.7. The van der Waals surface area contributed by atoms with Crippen LogP contribution in [0.1, 0.15) is 46.1 Å². The van der Waals surface area contributed by atoms with Gasteiger partial charge in [0.05, 0.1) is 29.9 Å². The first-order chi connectivity index (χ1) is 20.7. The number of benzene rings is 2. The molecule has 2 N–H and O–H groups in total. The van der Waals surface area contributed by atoms with Gasteiger partial charge >= 0.3 is 13.2 Å². The molecule has 0 bridgehead atoms. The highest BCUT2D eigenvalue weighted by Crippen LogP contribution is 2.41. The Morgan fingerprint density at radius 3 is 2.32 bits per heavy atom. The number of rotatable bonds is 8. The second-order valence-corrected chi connectivity index (χ2v) is 12.7. The number of nitrogens with one attached hydrogen (secondary N) is 1. The number of carbonyl (C=O) groups is 2. The fourth-order valence-corrected chi connectivity index (χ4v) is 5.95. The van der Waals surface area contributed by atoms with E-state index in [1.165, 1.54) is 13.2 Å². The molecule has 13 heteroatoms. The number of aromatic nitrogens is 1. The van der Waals surface area contributed by atoms with E-state index in [-0.39, 0.29) is 47.2 Å². The van der Waals surface area contributed by atoms with Gasteiger partial charge in [0, 0.05) is 51.7 Å². The van der Waals surface area contributed by atoms with E-state index in [9.17, 15) is 14.7 Å². The van der Waals surface area contributed by atoms with Crippen LogP contribution in [-0.4, -0.2) is 65.0 Å². The van der Waals surface area contributed by atoms with Gasteiger partial charge in [0.25, 0.3) is 0 Å². The third-order valence-corrected chi connectivity index (χ3v) is 9.27. The highest BCUT2D eigenvalue weighted by atomic mass is 35.5. The molecule has 44 heavy (non-hydrogen) atoms. The summed E-state index contributed by atoms with van der Waals surface area (Å²) in [5.74, 6) is -0.794. The lowest BCUT2D eigenvalue weighted by Gasteiger charge is -2.32. The van der Waals surface area contributed by atoms with Gasteiger partial charge in [0.2, 0.25) is 11.8 Å². The van der Waals surface area contributed by atoms with Gasteiger partial charge in [-0.1, -0.05) is 59.6 Å². The van der Waals surface area contributed by atoms with E-state index < -0.39 is 30.2 Å². The summed E-state index contributed by atoms with van der Waals surface area (Å²) in [6.45, 7) is 7.69. The molecule has 0 radical (unpaired) electrons. The van der Waals surface area contributed by atoms with Gasteiger partial charge in [-0.3, -0.25) is 4.79 Å². The lowest BCUT2D eigenvalue weighted by atomic mass is 9.77. The van der Waals surface area contributed by atoms with Crippen molar-refractivity contribution in [2.24, 2.45) is 0 Å². The van der Waals surface area contributed by atoms with E-state index in [4.69, 9.17) is 37.2 Å². The number of hydrogen-bond donors (Lipinski definition) is 2. The molecule has 2 aliphatic heterocycles. The van der Waals surface area contributed by atoms with Crippen molar-refractivity contribution in [3.63, 3.8) is 0 Å². The lowest BCUT2D eigenvalue weighted by Crippen LogP contribution is -2.41. The minimum Gasteiger partial charge on any atom is -0.481 e. The number of carboxylic acid groups (broad SMARTS) is 1. The van der Waals surface area contributed by atoms with Crippen molar-refractivity contribution >= 4 is 47.8 Å². The number of pyridine rings is 1. The van der Waals surface area contributed by atoms with Crippen LogP contribution in [-0.2, 0) is 20.6 Å². The number of ether oxygens (including phenoxy) is 1. The largest absolute Gasteiger partial charge is 0.496 e. The van der Waals surface area contributed by atoms with Gasteiger partial charge in [-0.05, 0) is 40.2 Å². The quantitative estimate of drug-likeness (QED) is 0.293. The monoisotopic (exact) mass is 643 g/mol. The van der Waals surface area contributed by atoms with Gasteiger partial charge in [0.1, 0.15) is 11.5 Å². The molecule has 9 nitrogen and oxygen atoms in total. The second-order valence-electron chi connectivity index (χ2n) is 11.9. The molecule has 0 spiro atoms. The number of hydrogen-bond acceptors (Lipinski definition) is 6. The molecule has 3 aromatic rings. The van der Waals surface area contributed by atoms with E-state index in [1.807, 2.05) is 45.9 Å². The molecule has 5 rings (SSSR count). The topological polar surface area (TPSA) is 110 Å². The van der Waals surface area contributed by atoms with E-state index in [1.54, 1.807) is 18.2 Å². The van der Waals surface area contributed by atoms with Crippen molar-refractivity contribution in [3.8, 4) is 28.3 Å². The molecular weight excluding hydrogens is 611 g/mol. The Kier molecular flexibility index (Phi) is 8.88. The maximum atomic E-state index is 15.7. The van der Waals surface area contributed by atoms with Crippen LogP contribution in [0.5, 0.6) is 5.88 Å². The minimum atomic E-state index is -1.21. The lowest BCUT2D eigenvalue weighted by molar-refractivity contribution is -0.119.